The lowest BCUT2D eigenvalue weighted by Gasteiger charge is -2.12. The summed E-state index contributed by atoms with van der Waals surface area (Å²) in [7, 11) is 0. The molecule has 0 bridgehead atoms. The molecule has 0 radical (unpaired) electrons. The number of rotatable bonds is 4. The number of carbonyl (C=O) groups is 1. The highest BCUT2D eigenvalue weighted by Crippen LogP contribution is 2.34. The maximum absolute atomic E-state index is 10.5. The molecule has 1 saturated carbocycles. The molecule has 0 aliphatic heterocycles. The lowest BCUT2D eigenvalue weighted by atomic mass is 9.93. The Balaban J connectivity index is 2.43. The highest BCUT2D eigenvalue weighted by atomic mass is 32.1. The Kier molecular flexibility index (Phi) is 4.36. The van der Waals surface area contributed by atoms with E-state index >= 15 is 0 Å². The van der Waals surface area contributed by atoms with Gasteiger partial charge in [0, 0.05) is 12.2 Å². The first-order valence-corrected chi connectivity index (χ1v) is 5.36. The summed E-state index contributed by atoms with van der Waals surface area (Å²) in [5.74, 6) is 0.907. The molecule has 1 aliphatic rings. The van der Waals surface area contributed by atoms with Crippen molar-refractivity contribution in [2.45, 2.75) is 25.7 Å². The molecular formula is C10H16O2S. The molecule has 0 heterocycles. The third-order valence-electron chi connectivity index (χ3n) is 2.64. The van der Waals surface area contributed by atoms with Crippen molar-refractivity contribution in [2.24, 2.45) is 11.8 Å². The minimum absolute atomic E-state index is 0.321. The van der Waals surface area contributed by atoms with Gasteiger partial charge in [-0.2, -0.15) is 12.6 Å². The van der Waals surface area contributed by atoms with Gasteiger partial charge in [-0.1, -0.05) is 18.6 Å². The molecule has 13 heavy (non-hydrogen) atoms. The Morgan fingerprint density at radius 1 is 1.54 bits per heavy atom. The fraction of sp³-hybridized carbons (Fsp3) is 0.700. The summed E-state index contributed by atoms with van der Waals surface area (Å²) in [6, 6.07) is 0. The van der Waals surface area contributed by atoms with E-state index in [4.69, 9.17) is 5.11 Å². The monoisotopic (exact) mass is 200 g/mol. The van der Waals surface area contributed by atoms with E-state index in [1.165, 1.54) is 6.42 Å². The molecule has 3 heteroatoms. The smallest absolute Gasteiger partial charge is 0.303 e. The van der Waals surface area contributed by atoms with Gasteiger partial charge in [-0.25, -0.2) is 0 Å². The van der Waals surface area contributed by atoms with Crippen LogP contribution in [0.1, 0.15) is 25.7 Å². The Hall–Kier alpha value is -0.440. The molecule has 0 spiro atoms. The zero-order chi connectivity index (χ0) is 9.68. The van der Waals surface area contributed by atoms with Crippen LogP contribution in [-0.4, -0.2) is 16.8 Å². The fourth-order valence-corrected chi connectivity index (χ4v) is 2.15. The maximum atomic E-state index is 10.5. The van der Waals surface area contributed by atoms with E-state index in [2.05, 4.69) is 18.7 Å². The summed E-state index contributed by atoms with van der Waals surface area (Å²) in [6.45, 7) is 0. The summed E-state index contributed by atoms with van der Waals surface area (Å²) in [5, 5.41) is 8.68. The van der Waals surface area contributed by atoms with Crippen LogP contribution in [-0.2, 0) is 4.79 Å². The van der Waals surface area contributed by atoms with Gasteiger partial charge < -0.3 is 5.11 Å². The van der Waals surface area contributed by atoms with Gasteiger partial charge in [0.25, 0.3) is 0 Å². The lowest BCUT2D eigenvalue weighted by Crippen LogP contribution is -2.10. The van der Waals surface area contributed by atoms with Gasteiger partial charge in [-0.15, -0.1) is 0 Å². The number of carboxylic acids is 1. The predicted octanol–water partition coefficient (Wildman–Crippen LogP) is 2.36. The molecule has 0 saturated heterocycles. The summed E-state index contributed by atoms with van der Waals surface area (Å²) in [5.41, 5.74) is 0. The van der Waals surface area contributed by atoms with Gasteiger partial charge in [0.15, 0.2) is 0 Å². The molecule has 0 aromatic rings. The molecule has 0 unspecified atom stereocenters. The van der Waals surface area contributed by atoms with Crippen LogP contribution in [0.15, 0.2) is 12.2 Å². The molecular weight excluding hydrogens is 184 g/mol. The summed E-state index contributed by atoms with van der Waals surface area (Å²) >= 11 is 4.09. The van der Waals surface area contributed by atoms with Crippen molar-refractivity contribution >= 4 is 18.6 Å². The number of thiol groups is 1. The molecule has 0 aromatic carbocycles. The number of aliphatic carboxylic acids is 1. The van der Waals surface area contributed by atoms with Crippen LogP contribution < -0.4 is 0 Å². The van der Waals surface area contributed by atoms with E-state index in [1.807, 2.05) is 6.08 Å². The maximum Gasteiger partial charge on any atom is 0.303 e. The van der Waals surface area contributed by atoms with Crippen molar-refractivity contribution in [3.63, 3.8) is 0 Å². The molecule has 1 aliphatic carbocycles. The number of hydrogen-bond donors (Lipinski definition) is 2. The fourth-order valence-electron chi connectivity index (χ4n) is 2.03. The molecule has 0 amide bonds. The van der Waals surface area contributed by atoms with E-state index in [0.717, 1.165) is 18.6 Å². The van der Waals surface area contributed by atoms with Gasteiger partial charge in [0.1, 0.15) is 0 Å². The van der Waals surface area contributed by atoms with Gasteiger partial charge >= 0.3 is 5.97 Å². The zero-order valence-corrected chi connectivity index (χ0v) is 8.54. The van der Waals surface area contributed by atoms with E-state index in [0.29, 0.717) is 18.3 Å². The average Bonchev–Trinajstić information content (AvgIpc) is 2.48. The highest BCUT2D eigenvalue weighted by molar-refractivity contribution is 7.80. The van der Waals surface area contributed by atoms with Crippen LogP contribution in [0.2, 0.25) is 0 Å². The van der Waals surface area contributed by atoms with Crippen molar-refractivity contribution < 1.29 is 9.90 Å². The molecule has 0 aromatic heterocycles. The minimum Gasteiger partial charge on any atom is -0.481 e. The average molecular weight is 200 g/mol. The molecule has 1 rings (SSSR count). The zero-order valence-electron chi connectivity index (χ0n) is 7.65. The standard InChI is InChI=1S/C10H16O2S/c11-10(12)7-9-4-1-3-8(9)5-2-6-13/h2,5,8-9,13H,1,3-4,6-7H2,(H,11,12)/b5-2+/t8-,9-/m1/s1. The van der Waals surface area contributed by atoms with Crippen LogP contribution in [0.25, 0.3) is 0 Å². The van der Waals surface area contributed by atoms with Gasteiger partial charge in [-0.3, -0.25) is 4.79 Å². The van der Waals surface area contributed by atoms with Crippen LogP contribution in [0.5, 0.6) is 0 Å². The van der Waals surface area contributed by atoms with Crippen LogP contribution in [0, 0.1) is 11.8 Å². The first-order valence-electron chi connectivity index (χ1n) is 4.73. The summed E-state index contributed by atoms with van der Waals surface area (Å²) in [4.78, 5) is 10.5. The predicted molar refractivity (Wildman–Crippen MR) is 56.1 cm³/mol. The van der Waals surface area contributed by atoms with Crippen molar-refractivity contribution in [1.82, 2.24) is 0 Å². The SMILES string of the molecule is O=C(O)C[C@H]1CCC[C@@H]1/C=C/CS. The first kappa shape index (κ1) is 10.6. The third kappa shape index (κ3) is 3.43. The first-order chi connectivity index (χ1) is 6.24. The quantitative estimate of drug-likeness (QED) is 0.540. The Morgan fingerprint density at radius 3 is 2.92 bits per heavy atom. The second kappa shape index (κ2) is 5.32. The summed E-state index contributed by atoms with van der Waals surface area (Å²) < 4.78 is 0. The number of allylic oxidation sites excluding steroid dienone is 1. The lowest BCUT2D eigenvalue weighted by molar-refractivity contribution is -0.138. The number of hydrogen-bond acceptors (Lipinski definition) is 2. The highest BCUT2D eigenvalue weighted by Gasteiger charge is 2.26. The molecule has 74 valence electrons. The van der Waals surface area contributed by atoms with E-state index in [9.17, 15) is 4.79 Å². The van der Waals surface area contributed by atoms with E-state index in [-0.39, 0.29) is 0 Å². The van der Waals surface area contributed by atoms with Crippen molar-refractivity contribution in [2.75, 3.05) is 5.75 Å². The Bertz CT molecular complexity index is 201. The van der Waals surface area contributed by atoms with Gasteiger partial charge in [0.05, 0.1) is 0 Å². The van der Waals surface area contributed by atoms with E-state index in [1.54, 1.807) is 0 Å². The third-order valence-corrected chi connectivity index (χ3v) is 2.85. The van der Waals surface area contributed by atoms with E-state index < -0.39 is 5.97 Å². The topological polar surface area (TPSA) is 37.3 Å². The second-order valence-electron chi connectivity index (χ2n) is 3.56. The van der Waals surface area contributed by atoms with Gasteiger partial charge in [-0.05, 0) is 24.7 Å². The van der Waals surface area contributed by atoms with Crippen molar-refractivity contribution in [1.29, 1.82) is 0 Å². The largest absolute Gasteiger partial charge is 0.481 e. The minimum atomic E-state index is -0.670. The normalized spacial score (nSPS) is 28.4. The van der Waals surface area contributed by atoms with Crippen molar-refractivity contribution in [3.05, 3.63) is 12.2 Å². The van der Waals surface area contributed by atoms with Gasteiger partial charge in [0.2, 0.25) is 0 Å². The number of carboxylic acid groups (broad SMARTS) is 1. The summed E-state index contributed by atoms with van der Waals surface area (Å²) in [6.07, 6.45) is 7.85. The molecule has 1 fully saturated rings. The molecule has 2 nitrogen and oxygen atoms in total. The Labute approximate surface area is 84.4 Å². The van der Waals surface area contributed by atoms with Crippen LogP contribution in [0.4, 0.5) is 0 Å². The van der Waals surface area contributed by atoms with Crippen LogP contribution >= 0.6 is 12.6 Å². The van der Waals surface area contributed by atoms with Crippen molar-refractivity contribution in [3.8, 4) is 0 Å². The second-order valence-corrected chi connectivity index (χ2v) is 3.93. The van der Waals surface area contributed by atoms with Crippen LogP contribution in [0.3, 0.4) is 0 Å². The molecule has 2 atom stereocenters. The molecule has 1 N–H and O–H groups in total. The Morgan fingerprint density at radius 2 is 2.31 bits per heavy atom.